The van der Waals surface area contributed by atoms with E-state index in [1.165, 1.54) is 0 Å². The highest BCUT2D eigenvalue weighted by Gasteiger charge is 2.25. The first-order valence-electron chi connectivity index (χ1n) is 11.2. The highest BCUT2D eigenvalue weighted by molar-refractivity contribution is 5.94. The van der Waals surface area contributed by atoms with Crippen LogP contribution >= 0.6 is 0 Å². The number of fused-ring (bicyclic) bond motifs is 1. The van der Waals surface area contributed by atoms with Gasteiger partial charge in [0.05, 0.1) is 5.56 Å². The lowest BCUT2D eigenvalue weighted by Gasteiger charge is -2.36. The van der Waals surface area contributed by atoms with Gasteiger partial charge >= 0.3 is 0 Å². The lowest BCUT2D eigenvalue weighted by molar-refractivity contribution is 0.101. The molecular formula is C25H28N6O. The molecule has 0 N–H and O–H groups in total. The van der Waals surface area contributed by atoms with Crippen molar-refractivity contribution in [3.63, 3.8) is 0 Å². The second-order valence-corrected chi connectivity index (χ2v) is 8.88. The molecule has 0 bridgehead atoms. The van der Waals surface area contributed by atoms with E-state index in [1.54, 1.807) is 6.92 Å². The van der Waals surface area contributed by atoms with Crippen molar-refractivity contribution in [3.8, 4) is 6.07 Å². The van der Waals surface area contributed by atoms with Crippen LogP contribution in [0.4, 0.5) is 11.5 Å². The highest BCUT2D eigenvalue weighted by Crippen LogP contribution is 2.30. The molecule has 7 nitrogen and oxygen atoms in total. The topological polar surface area (TPSA) is 68.4 Å². The molecular weight excluding hydrogens is 400 g/mol. The number of Topliss-reactive ketones (excluding diaryl/α,β-unsaturated/α-hetero) is 1. The van der Waals surface area contributed by atoms with Gasteiger partial charge in [-0.25, -0.2) is 4.98 Å². The van der Waals surface area contributed by atoms with Crippen molar-refractivity contribution < 1.29 is 4.79 Å². The summed E-state index contributed by atoms with van der Waals surface area (Å²) in [5.41, 5.74) is 3.52. The van der Waals surface area contributed by atoms with Crippen molar-refractivity contribution in [1.29, 1.82) is 5.26 Å². The molecule has 2 aromatic heterocycles. The Bertz CT molecular complexity index is 1180. The molecule has 5 rings (SSSR count). The summed E-state index contributed by atoms with van der Waals surface area (Å²) in [6.07, 6.45) is 3.06. The quantitative estimate of drug-likeness (QED) is 0.594. The second-order valence-electron chi connectivity index (χ2n) is 8.88. The van der Waals surface area contributed by atoms with E-state index >= 15 is 0 Å². The van der Waals surface area contributed by atoms with E-state index in [0.717, 1.165) is 73.8 Å². The number of piperazine rings is 1. The molecule has 7 heteroatoms. The molecule has 32 heavy (non-hydrogen) atoms. The van der Waals surface area contributed by atoms with Crippen LogP contribution in [-0.2, 0) is 0 Å². The van der Waals surface area contributed by atoms with Crippen LogP contribution < -0.4 is 9.80 Å². The Labute approximate surface area is 188 Å². The molecule has 0 amide bonds. The van der Waals surface area contributed by atoms with Crippen LogP contribution in [0.1, 0.15) is 35.3 Å². The number of anilines is 2. The predicted molar refractivity (Wildman–Crippen MR) is 126 cm³/mol. The number of nitriles is 1. The van der Waals surface area contributed by atoms with E-state index in [-0.39, 0.29) is 5.78 Å². The van der Waals surface area contributed by atoms with Gasteiger partial charge in [0.15, 0.2) is 5.78 Å². The number of aromatic nitrogens is 2. The van der Waals surface area contributed by atoms with Gasteiger partial charge < -0.3 is 19.3 Å². The van der Waals surface area contributed by atoms with Gasteiger partial charge in [-0.05, 0) is 63.3 Å². The van der Waals surface area contributed by atoms with Gasteiger partial charge in [0.2, 0.25) is 0 Å². The number of carbonyl (C=O) groups is 1. The smallest absolute Gasteiger partial charge is 0.159 e. The monoisotopic (exact) mass is 428 g/mol. The van der Waals surface area contributed by atoms with Gasteiger partial charge in [-0.2, -0.15) is 5.26 Å². The summed E-state index contributed by atoms with van der Waals surface area (Å²) >= 11 is 0. The molecule has 0 radical (unpaired) electrons. The summed E-state index contributed by atoms with van der Waals surface area (Å²) in [4.78, 5) is 23.6. The molecule has 2 fully saturated rings. The molecule has 0 saturated carbocycles. The Balaban J connectivity index is 1.35. The van der Waals surface area contributed by atoms with E-state index in [0.29, 0.717) is 11.6 Å². The number of rotatable bonds is 4. The number of carbonyl (C=O) groups excluding carboxylic acids is 1. The summed E-state index contributed by atoms with van der Waals surface area (Å²) < 4.78 is 2.22. The number of likely N-dealkylation sites (N-methyl/N-ethyl adjacent to an activating group) is 1. The molecule has 1 aromatic carbocycles. The number of ketones is 1. The van der Waals surface area contributed by atoms with Crippen LogP contribution in [0.5, 0.6) is 0 Å². The fourth-order valence-corrected chi connectivity index (χ4v) is 4.90. The Morgan fingerprint density at radius 1 is 1.03 bits per heavy atom. The number of nitrogens with zero attached hydrogens (tertiary/aromatic N) is 6. The fourth-order valence-electron chi connectivity index (χ4n) is 4.90. The van der Waals surface area contributed by atoms with Crippen LogP contribution in [0.25, 0.3) is 11.0 Å². The molecule has 3 aromatic rings. The van der Waals surface area contributed by atoms with Crippen molar-refractivity contribution in [2.75, 3.05) is 56.1 Å². The standard InChI is InChI=1S/C25H28N6O/c1-18(32)19-3-5-21(6-4-19)29-11-13-30(14-12-29)24-8-7-23-20(15-26)16-31(25(23)27-24)22-9-10-28(2)17-22/h3-8,16,22H,9-14,17H2,1-2H3/t22-/m1/s1. The lowest BCUT2D eigenvalue weighted by Crippen LogP contribution is -2.46. The molecule has 164 valence electrons. The molecule has 0 unspecified atom stereocenters. The fraction of sp³-hybridized carbons (Fsp3) is 0.400. The van der Waals surface area contributed by atoms with Crippen molar-refractivity contribution in [1.82, 2.24) is 14.5 Å². The largest absolute Gasteiger partial charge is 0.368 e. The van der Waals surface area contributed by atoms with Crippen LogP contribution in [0.3, 0.4) is 0 Å². The summed E-state index contributed by atoms with van der Waals surface area (Å²) in [5, 5.41) is 10.6. The minimum Gasteiger partial charge on any atom is -0.368 e. The summed E-state index contributed by atoms with van der Waals surface area (Å²) in [7, 11) is 2.14. The van der Waals surface area contributed by atoms with Gasteiger partial charge in [0.1, 0.15) is 17.5 Å². The molecule has 1 atom stereocenters. The van der Waals surface area contributed by atoms with E-state index in [1.807, 2.05) is 36.5 Å². The van der Waals surface area contributed by atoms with Crippen molar-refractivity contribution >= 4 is 28.3 Å². The van der Waals surface area contributed by atoms with Gasteiger partial charge in [-0.3, -0.25) is 4.79 Å². The van der Waals surface area contributed by atoms with E-state index in [2.05, 4.69) is 38.5 Å². The molecule has 0 spiro atoms. The van der Waals surface area contributed by atoms with Crippen LogP contribution in [0.2, 0.25) is 0 Å². The Kier molecular flexibility index (Phi) is 5.32. The third-order valence-corrected chi connectivity index (χ3v) is 6.79. The van der Waals surface area contributed by atoms with Gasteiger partial charge in [0, 0.05) is 61.6 Å². The normalized spacial score (nSPS) is 19.5. The zero-order valence-electron chi connectivity index (χ0n) is 18.7. The zero-order valence-corrected chi connectivity index (χ0v) is 18.7. The summed E-state index contributed by atoms with van der Waals surface area (Å²) in [6, 6.07) is 14.7. The first-order chi connectivity index (χ1) is 15.5. The minimum absolute atomic E-state index is 0.0939. The number of hydrogen-bond acceptors (Lipinski definition) is 6. The number of likely N-dealkylation sites (tertiary alicyclic amines) is 1. The number of pyridine rings is 1. The highest BCUT2D eigenvalue weighted by atomic mass is 16.1. The Morgan fingerprint density at radius 2 is 1.75 bits per heavy atom. The number of hydrogen-bond donors (Lipinski definition) is 0. The maximum atomic E-state index is 11.5. The first kappa shape index (κ1) is 20.5. The molecule has 4 heterocycles. The van der Waals surface area contributed by atoms with Crippen molar-refractivity contribution in [2.45, 2.75) is 19.4 Å². The second kappa shape index (κ2) is 8.29. The molecule has 2 saturated heterocycles. The first-order valence-corrected chi connectivity index (χ1v) is 11.2. The van der Waals surface area contributed by atoms with E-state index in [9.17, 15) is 10.1 Å². The van der Waals surface area contributed by atoms with Crippen LogP contribution in [0, 0.1) is 11.3 Å². The van der Waals surface area contributed by atoms with E-state index in [4.69, 9.17) is 4.98 Å². The zero-order chi connectivity index (χ0) is 22.2. The molecule has 2 aliphatic rings. The Hall–Kier alpha value is -3.37. The average molecular weight is 429 g/mol. The molecule has 0 aliphatic carbocycles. The lowest BCUT2D eigenvalue weighted by atomic mass is 10.1. The Morgan fingerprint density at radius 3 is 2.38 bits per heavy atom. The average Bonchev–Trinajstić information content (AvgIpc) is 3.42. The predicted octanol–water partition coefficient (Wildman–Crippen LogP) is 3.31. The maximum absolute atomic E-state index is 11.5. The van der Waals surface area contributed by atoms with Crippen molar-refractivity contribution in [2.24, 2.45) is 0 Å². The SMILES string of the molecule is CC(=O)c1ccc(N2CCN(c3ccc4c(C#N)cn([C@@H]5CCN(C)C5)c4n3)CC2)cc1. The third-order valence-electron chi connectivity index (χ3n) is 6.79. The third kappa shape index (κ3) is 3.71. The van der Waals surface area contributed by atoms with Crippen LogP contribution in [0.15, 0.2) is 42.6 Å². The van der Waals surface area contributed by atoms with Gasteiger partial charge in [0.25, 0.3) is 0 Å². The molecule has 2 aliphatic heterocycles. The van der Waals surface area contributed by atoms with Crippen LogP contribution in [-0.4, -0.2) is 66.6 Å². The van der Waals surface area contributed by atoms with Gasteiger partial charge in [-0.15, -0.1) is 0 Å². The maximum Gasteiger partial charge on any atom is 0.159 e. The minimum atomic E-state index is 0.0939. The summed E-state index contributed by atoms with van der Waals surface area (Å²) in [5.74, 6) is 1.07. The van der Waals surface area contributed by atoms with Crippen molar-refractivity contribution in [3.05, 3.63) is 53.7 Å². The number of benzene rings is 1. The van der Waals surface area contributed by atoms with E-state index < -0.39 is 0 Å². The van der Waals surface area contributed by atoms with Gasteiger partial charge in [-0.1, -0.05) is 0 Å². The summed E-state index contributed by atoms with van der Waals surface area (Å²) in [6.45, 7) is 7.21.